The highest BCUT2D eigenvalue weighted by molar-refractivity contribution is 9.10. The Kier molecular flexibility index (Phi) is 5.88. The van der Waals surface area contributed by atoms with Crippen molar-refractivity contribution in [2.24, 2.45) is 0 Å². The maximum atomic E-state index is 4.27. The third-order valence-corrected chi connectivity index (χ3v) is 3.98. The van der Waals surface area contributed by atoms with Crippen LogP contribution in [0.4, 0.5) is 0 Å². The molecule has 3 nitrogen and oxygen atoms in total. The molecule has 0 amide bonds. The van der Waals surface area contributed by atoms with Crippen molar-refractivity contribution >= 4 is 15.9 Å². The minimum Gasteiger partial charge on any atom is -0.310 e. The Morgan fingerprint density at radius 1 is 1.19 bits per heavy atom. The number of nitrogens with one attached hydrogen (secondary N) is 1. The Morgan fingerprint density at radius 2 is 2.00 bits per heavy atom. The average molecular weight is 348 g/mol. The second-order valence-corrected chi connectivity index (χ2v) is 6.28. The molecule has 0 saturated heterocycles. The lowest BCUT2D eigenvalue weighted by Crippen LogP contribution is -2.25. The van der Waals surface area contributed by atoms with E-state index in [4.69, 9.17) is 0 Å². The highest BCUT2D eigenvalue weighted by Gasteiger charge is 2.15. The van der Waals surface area contributed by atoms with Gasteiger partial charge in [0, 0.05) is 10.5 Å². The number of aryl methyl sites for hydroxylation is 2. The van der Waals surface area contributed by atoms with Crippen molar-refractivity contribution in [3.8, 4) is 0 Å². The molecule has 21 heavy (non-hydrogen) atoms. The van der Waals surface area contributed by atoms with Crippen molar-refractivity contribution in [2.75, 3.05) is 6.54 Å². The van der Waals surface area contributed by atoms with Gasteiger partial charge in [-0.15, -0.1) is 0 Å². The first-order chi connectivity index (χ1) is 10.1. The molecule has 112 valence electrons. The normalized spacial score (nSPS) is 12.4. The van der Waals surface area contributed by atoms with Crippen LogP contribution in [-0.2, 0) is 6.42 Å². The summed E-state index contributed by atoms with van der Waals surface area (Å²) in [5.41, 5.74) is 4.53. The van der Waals surface area contributed by atoms with Crippen molar-refractivity contribution in [1.82, 2.24) is 15.5 Å². The zero-order chi connectivity index (χ0) is 15.2. The summed E-state index contributed by atoms with van der Waals surface area (Å²) in [5, 5.41) is 12.0. The molecule has 1 atom stereocenters. The van der Waals surface area contributed by atoms with Crippen molar-refractivity contribution in [3.05, 3.63) is 57.3 Å². The van der Waals surface area contributed by atoms with Crippen LogP contribution in [0.15, 0.2) is 34.8 Å². The molecule has 2 aromatic rings. The van der Waals surface area contributed by atoms with Gasteiger partial charge in [0.1, 0.15) is 0 Å². The monoisotopic (exact) mass is 347 g/mol. The molecule has 0 saturated carbocycles. The number of benzene rings is 1. The minimum atomic E-state index is 0.272. The van der Waals surface area contributed by atoms with Crippen LogP contribution in [0, 0.1) is 13.8 Å². The molecule has 1 unspecified atom stereocenters. The fourth-order valence-corrected chi connectivity index (χ4v) is 2.88. The first-order valence-corrected chi connectivity index (χ1v) is 8.18. The number of nitrogens with zero attached hydrogens (tertiary/aromatic N) is 2. The van der Waals surface area contributed by atoms with Gasteiger partial charge in [-0.1, -0.05) is 35.0 Å². The molecule has 0 spiro atoms. The molecule has 1 aromatic carbocycles. The van der Waals surface area contributed by atoms with E-state index in [-0.39, 0.29) is 6.04 Å². The fourth-order valence-electron chi connectivity index (χ4n) is 2.43. The zero-order valence-electron chi connectivity index (χ0n) is 12.9. The Balaban J connectivity index is 2.27. The van der Waals surface area contributed by atoms with Crippen LogP contribution in [0.3, 0.4) is 0 Å². The van der Waals surface area contributed by atoms with Crippen LogP contribution < -0.4 is 5.32 Å². The van der Waals surface area contributed by atoms with E-state index in [9.17, 15) is 0 Å². The maximum Gasteiger partial charge on any atom is 0.0648 e. The fraction of sp³-hybridized carbons (Fsp3) is 0.412. The summed E-state index contributed by atoms with van der Waals surface area (Å²) in [4.78, 5) is 0. The molecular formula is C17H22BrN3. The van der Waals surface area contributed by atoms with Gasteiger partial charge in [0.15, 0.2) is 0 Å². The van der Waals surface area contributed by atoms with Crippen LogP contribution in [0.25, 0.3) is 0 Å². The van der Waals surface area contributed by atoms with Gasteiger partial charge in [-0.25, -0.2) is 0 Å². The molecule has 4 heteroatoms. The van der Waals surface area contributed by atoms with E-state index in [0.29, 0.717) is 0 Å². The van der Waals surface area contributed by atoms with E-state index >= 15 is 0 Å². The van der Waals surface area contributed by atoms with E-state index in [1.165, 1.54) is 11.1 Å². The summed E-state index contributed by atoms with van der Waals surface area (Å²) in [6.07, 6.45) is 2.07. The van der Waals surface area contributed by atoms with Gasteiger partial charge in [0.2, 0.25) is 0 Å². The first kappa shape index (κ1) is 16.1. The summed E-state index contributed by atoms with van der Waals surface area (Å²) in [5.74, 6) is 0. The zero-order valence-corrected chi connectivity index (χ0v) is 14.4. The van der Waals surface area contributed by atoms with Gasteiger partial charge >= 0.3 is 0 Å². The molecule has 1 aromatic heterocycles. The number of halogens is 1. The second-order valence-electron chi connectivity index (χ2n) is 5.37. The van der Waals surface area contributed by atoms with E-state index in [1.54, 1.807) is 0 Å². The predicted molar refractivity (Wildman–Crippen MR) is 90.4 cm³/mol. The summed E-state index contributed by atoms with van der Waals surface area (Å²) >= 11 is 3.54. The van der Waals surface area contributed by atoms with E-state index in [2.05, 4.69) is 68.7 Å². The van der Waals surface area contributed by atoms with Crippen molar-refractivity contribution in [1.29, 1.82) is 0 Å². The molecule has 0 radical (unpaired) electrons. The highest BCUT2D eigenvalue weighted by Crippen LogP contribution is 2.22. The third kappa shape index (κ3) is 4.61. The Hall–Kier alpha value is -1.26. The molecule has 2 rings (SSSR count). The summed E-state index contributed by atoms with van der Waals surface area (Å²) in [6, 6.07) is 10.9. The molecule has 0 fully saturated rings. The van der Waals surface area contributed by atoms with Gasteiger partial charge in [-0.05, 0) is 62.6 Å². The Bertz CT molecular complexity index is 598. The smallest absolute Gasteiger partial charge is 0.0648 e. The largest absolute Gasteiger partial charge is 0.310 e. The van der Waals surface area contributed by atoms with E-state index < -0.39 is 0 Å². The van der Waals surface area contributed by atoms with Gasteiger partial charge in [-0.3, -0.25) is 0 Å². The number of hydrogen-bond acceptors (Lipinski definition) is 3. The molecule has 1 N–H and O–H groups in total. The summed E-state index contributed by atoms with van der Waals surface area (Å²) in [6.45, 7) is 7.21. The third-order valence-electron chi connectivity index (χ3n) is 3.48. The number of rotatable bonds is 6. The van der Waals surface area contributed by atoms with Gasteiger partial charge in [0.05, 0.1) is 11.4 Å². The predicted octanol–water partition coefficient (Wildman–Crippen LogP) is 4.14. The lowest BCUT2D eigenvalue weighted by Gasteiger charge is -2.21. The summed E-state index contributed by atoms with van der Waals surface area (Å²) in [7, 11) is 0. The standard InChI is InChI=1S/C17H22BrN3/c1-4-8-19-17(11-14-6-5-7-15(18)10-14)16-9-12(2)20-21-13(16)3/h5-7,9-10,17,19H,4,8,11H2,1-3H3. The van der Waals surface area contributed by atoms with Crippen molar-refractivity contribution in [2.45, 2.75) is 39.7 Å². The molecule has 0 bridgehead atoms. The van der Waals surface area contributed by atoms with Gasteiger partial charge < -0.3 is 5.32 Å². The summed E-state index contributed by atoms with van der Waals surface area (Å²) < 4.78 is 1.12. The van der Waals surface area contributed by atoms with Gasteiger partial charge in [0.25, 0.3) is 0 Å². The average Bonchev–Trinajstić information content (AvgIpc) is 2.46. The van der Waals surface area contributed by atoms with Crippen LogP contribution in [0.2, 0.25) is 0 Å². The minimum absolute atomic E-state index is 0.272. The SMILES string of the molecule is CCCNC(Cc1cccc(Br)c1)c1cc(C)nnc1C. The molecule has 1 heterocycles. The first-order valence-electron chi connectivity index (χ1n) is 7.38. The molecule has 0 aliphatic heterocycles. The van der Waals surface area contributed by atoms with Gasteiger partial charge in [-0.2, -0.15) is 10.2 Å². The number of hydrogen-bond donors (Lipinski definition) is 1. The highest BCUT2D eigenvalue weighted by atomic mass is 79.9. The van der Waals surface area contributed by atoms with Crippen LogP contribution >= 0.6 is 15.9 Å². The maximum absolute atomic E-state index is 4.27. The second kappa shape index (κ2) is 7.66. The number of aromatic nitrogens is 2. The van der Waals surface area contributed by atoms with Crippen LogP contribution in [0.1, 0.15) is 41.9 Å². The van der Waals surface area contributed by atoms with Crippen molar-refractivity contribution < 1.29 is 0 Å². The van der Waals surface area contributed by atoms with E-state index in [0.717, 1.165) is 35.2 Å². The lowest BCUT2D eigenvalue weighted by atomic mass is 9.97. The van der Waals surface area contributed by atoms with Crippen LogP contribution in [0.5, 0.6) is 0 Å². The Morgan fingerprint density at radius 3 is 2.71 bits per heavy atom. The Labute approximate surface area is 135 Å². The molecule has 0 aliphatic rings. The molecule has 0 aliphatic carbocycles. The van der Waals surface area contributed by atoms with Crippen LogP contribution in [-0.4, -0.2) is 16.7 Å². The quantitative estimate of drug-likeness (QED) is 0.853. The topological polar surface area (TPSA) is 37.8 Å². The van der Waals surface area contributed by atoms with Crippen molar-refractivity contribution in [3.63, 3.8) is 0 Å². The molecular weight excluding hydrogens is 326 g/mol. The lowest BCUT2D eigenvalue weighted by molar-refractivity contribution is 0.523. The van der Waals surface area contributed by atoms with E-state index in [1.807, 2.05) is 13.8 Å².